The molecule has 0 spiro atoms. The summed E-state index contributed by atoms with van der Waals surface area (Å²) in [6.07, 6.45) is 0.819. The molecule has 0 fully saturated rings. The molecule has 1 aliphatic rings. The molecule has 122 valence electrons. The number of carbonyl (C=O) groups is 1. The molecule has 1 atom stereocenters. The highest BCUT2D eigenvalue weighted by atomic mass is 35.5. The average Bonchev–Trinajstić information content (AvgIpc) is 2.92. The number of amides is 1. The van der Waals surface area contributed by atoms with Crippen molar-refractivity contribution in [3.63, 3.8) is 0 Å². The lowest BCUT2D eigenvalue weighted by Gasteiger charge is -2.35. The second-order valence-electron chi connectivity index (χ2n) is 6.12. The summed E-state index contributed by atoms with van der Waals surface area (Å²) in [5.74, 6) is 0.0669. The predicted molar refractivity (Wildman–Crippen MR) is 97.7 cm³/mol. The van der Waals surface area contributed by atoms with E-state index in [1.54, 1.807) is 6.92 Å². The van der Waals surface area contributed by atoms with Gasteiger partial charge in [0.15, 0.2) is 0 Å². The average molecular weight is 359 g/mol. The number of carbonyl (C=O) groups excluding carboxylic acids is 1. The summed E-state index contributed by atoms with van der Waals surface area (Å²) in [6.45, 7) is 2.31. The Balaban J connectivity index is 1.93. The van der Waals surface area contributed by atoms with Crippen LogP contribution in [-0.2, 0) is 11.2 Å². The minimum atomic E-state index is -0.130. The number of halogens is 2. The first-order valence-electron chi connectivity index (χ1n) is 7.87. The fourth-order valence-corrected chi connectivity index (χ4v) is 3.89. The SMILES string of the molecule is CC(=O)N1CCc2c([nH]c3ccc(Cl)cc23)C1c1ccc(Cl)cc1. The number of rotatable bonds is 1. The molecular weight excluding hydrogens is 343 g/mol. The third kappa shape index (κ3) is 2.48. The minimum absolute atomic E-state index is 0.0669. The summed E-state index contributed by atoms with van der Waals surface area (Å²) in [5, 5.41) is 2.55. The molecule has 3 nitrogen and oxygen atoms in total. The predicted octanol–water partition coefficient (Wildman–Crippen LogP) is 4.97. The fraction of sp³-hybridized carbons (Fsp3) is 0.211. The maximum absolute atomic E-state index is 12.2. The van der Waals surface area contributed by atoms with Crippen molar-refractivity contribution in [3.05, 3.63) is 69.3 Å². The molecule has 1 N–H and O–H groups in total. The second kappa shape index (κ2) is 5.83. The Morgan fingerprint density at radius 2 is 1.83 bits per heavy atom. The Labute approximate surface area is 150 Å². The van der Waals surface area contributed by atoms with Crippen LogP contribution in [0.25, 0.3) is 10.9 Å². The van der Waals surface area contributed by atoms with Crippen molar-refractivity contribution in [3.8, 4) is 0 Å². The summed E-state index contributed by atoms with van der Waals surface area (Å²) in [7, 11) is 0. The van der Waals surface area contributed by atoms with Crippen molar-refractivity contribution in [2.24, 2.45) is 0 Å². The van der Waals surface area contributed by atoms with Crippen LogP contribution in [0.4, 0.5) is 0 Å². The molecule has 0 saturated carbocycles. The van der Waals surface area contributed by atoms with Gasteiger partial charge in [-0.25, -0.2) is 0 Å². The summed E-state index contributed by atoms with van der Waals surface area (Å²) in [4.78, 5) is 17.6. The number of hydrogen-bond donors (Lipinski definition) is 1. The van der Waals surface area contributed by atoms with Crippen molar-refractivity contribution in [1.82, 2.24) is 9.88 Å². The van der Waals surface area contributed by atoms with E-state index in [-0.39, 0.29) is 11.9 Å². The molecule has 24 heavy (non-hydrogen) atoms. The molecule has 0 radical (unpaired) electrons. The van der Waals surface area contributed by atoms with E-state index in [9.17, 15) is 4.79 Å². The van der Waals surface area contributed by atoms with Crippen molar-refractivity contribution in [2.75, 3.05) is 6.54 Å². The quantitative estimate of drug-likeness (QED) is 0.654. The van der Waals surface area contributed by atoms with Crippen LogP contribution in [0.3, 0.4) is 0 Å². The topological polar surface area (TPSA) is 36.1 Å². The highest BCUT2D eigenvalue weighted by molar-refractivity contribution is 6.31. The van der Waals surface area contributed by atoms with Crippen molar-refractivity contribution in [2.45, 2.75) is 19.4 Å². The van der Waals surface area contributed by atoms with E-state index >= 15 is 0 Å². The zero-order chi connectivity index (χ0) is 16.8. The normalized spacial score (nSPS) is 17.1. The van der Waals surface area contributed by atoms with Gasteiger partial charge in [0.2, 0.25) is 5.91 Å². The zero-order valence-corrected chi connectivity index (χ0v) is 14.7. The van der Waals surface area contributed by atoms with Crippen LogP contribution >= 0.6 is 23.2 Å². The van der Waals surface area contributed by atoms with E-state index in [4.69, 9.17) is 23.2 Å². The summed E-state index contributed by atoms with van der Waals surface area (Å²) < 4.78 is 0. The first kappa shape index (κ1) is 15.6. The number of nitrogens with zero attached hydrogens (tertiary/aromatic N) is 1. The number of hydrogen-bond acceptors (Lipinski definition) is 1. The van der Waals surface area contributed by atoms with Gasteiger partial charge in [-0.1, -0.05) is 35.3 Å². The summed E-state index contributed by atoms with van der Waals surface area (Å²) in [5.41, 5.74) is 4.41. The van der Waals surface area contributed by atoms with Crippen LogP contribution in [0.5, 0.6) is 0 Å². The lowest BCUT2D eigenvalue weighted by atomic mass is 9.92. The Hall–Kier alpha value is -1.97. The molecule has 3 aromatic rings. The van der Waals surface area contributed by atoms with Crippen molar-refractivity contribution >= 4 is 40.0 Å². The highest BCUT2D eigenvalue weighted by Gasteiger charge is 2.33. The summed E-state index contributed by atoms with van der Waals surface area (Å²) in [6, 6.07) is 13.4. The maximum atomic E-state index is 12.2. The van der Waals surface area contributed by atoms with E-state index in [0.29, 0.717) is 11.6 Å². The van der Waals surface area contributed by atoms with Crippen LogP contribution < -0.4 is 0 Å². The number of aromatic amines is 1. The zero-order valence-electron chi connectivity index (χ0n) is 13.1. The summed E-state index contributed by atoms with van der Waals surface area (Å²) >= 11 is 12.2. The molecule has 0 bridgehead atoms. The third-order valence-electron chi connectivity index (χ3n) is 4.68. The van der Waals surface area contributed by atoms with Gasteiger partial charge in [-0.3, -0.25) is 4.79 Å². The number of nitrogens with one attached hydrogen (secondary N) is 1. The van der Waals surface area contributed by atoms with Crippen LogP contribution in [0.1, 0.15) is 29.8 Å². The van der Waals surface area contributed by atoms with Gasteiger partial charge < -0.3 is 9.88 Å². The van der Waals surface area contributed by atoms with E-state index in [1.807, 2.05) is 47.4 Å². The van der Waals surface area contributed by atoms with Gasteiger partial charge in [-0.05, 0) is 47.9 Å². The number of H-pyrrole nitrogens is 1. The van der Waals surface area contributed by atoms with Crippen molar-refractivity contribution in [1.29, 1.82) is 0 Å². The first-order valence-corrected chi connectivity index (χ1v) is 8.63. The van der Waals surface area contributed by atoms with Crippen LogP contribution in [-0.4, -0.2) is 22.3 Å². The largest absolute Gasteiger partial charge is 0.356 e. The van der Waals surface area contributed by atoms with Gasteiger partial charge in [-0.15, -0.1) is 0 Å². The van der Waals surface area contributed by atoms with Crippen LogP contribution in [0.15, 0.2) is 42.5 Å². The lowest BCUT2D eigenvalue weighted by molar-refractivity contribution is -0.130. The molecule has 0 aliphatic carbocycles. The first-order chi connectivity index (χ1) is 11.5. The molecule has 5 heteroatoms. The van der Waals surface area contributed by atoms with Crippen LogP contribution in [0.2, 0.25) is 10.0 Å². The Bertz CT molecular complexity index is 930. The molecule has 1 aromatic heterocycles. The standard InChI is InChI=1S/C19H16Cl2N2O/c1-11(24)23-9-8-15-16-10-14(21)6-7-17(16)22-18(15)19(23)12-2-4-13(20)5-3-12/h2-7,10,19,22H,8-9H2,1H3. The Morgan fingerprint density at radius 3 is 2.54 bits per heavy atom. The second-order valence-corrected chi connectivity index (χ2v) is 7.00. The Kier molecular flexibility index (Phi) is 3.78. The fourth-order valence-electron chi connectivity index (χ4n) is 3.59. The maximum Gasteiger partial charge on any atom is 0.220 e. The van der Waals surface area contributed by atoms with E-state index in [0.717, 1.165) is 33.6 Å². The number of fused-ring (bicyclic) bond motifs is 3. The van der Waals surface area contributed by atoms with Crippen LogP contribution in [0, 0.1) is 0 Å². The van der Waals surface area contributed by atoms with Gasteiger partial charge in [0.1, 0.15) is 0 Å². The molecule has 0 saturated heterocycles. The molecule has 2 heterocycles. The monoisotopic (exact) mass is 358 g/mol. The smallest absolute Gasteiger partial charge is 0.220 e. The van der Waals surface area contributed by atoms with Gasteiger partial charge in [-0.2, -0.15) is 0 Å². The minimum Gasteiger partial charge on any atom is -0.356 e. The van der Waals surface area contributed by atoms with Gasteiger partial charge in [0.25, 0.3) is 0 Å². The number of benzene rings is 2. The molecule has 1 unspecified atom stereocenters. The van der Waals surface area contributed by atoms with E-state index in [2.05, 4.69) is 4.98 Å². The molecule has 1 aliphatic heterocycles. The van der Waals surface area contributed by atoms with Gasteiger partial charge in [0, 0.05) is 40.1 Å². The molecular formula is C19H16Cl2N2O. The van der Waals surface area contributed by atoms with Gasteiger partial charge >= 0.3 is 0 Å². The highest BCUT2D eigenvalue weighted by Crippen LogP contribution is 2.39. The molecule has 1 amide bonds. The lowest BCUT2D eigenvalue weighted by Crippen LogP contribution is -2.39. The van der Waals surface area contributed by atoms with Gasteiger partial charge in [0.05, 0.1) is 6.04 Å². The number of aromatic nitrogens is 1. The van der Waals surface area contributed by atoms with Crippen molar-refractivity contribution < 1.29 is 4.79 Å². The van der Waals surface area contributed by atoms with E-state index < -0.39 is 0 Å². The third-order valence-corrected chi connectivity index (χ3v) is 5.17. The Morgan fingerprint density at radius 1 is 1.12 bits per heavy atom. The molecule has 2 aromatic carbocycles. The molecule has 4 rings (SSSR count). The van der Waals surface area contributed by atoms with E-state index in [1.165, 1.54) is 5.56 Å².